The van der Waals surface area contributed by atoms with Crippen LogP contribution >= 0.6 is 0 Å². The predicted octanol–water partition coefficient (Wildman–Crippen LogP) is 2.43. The first-order valence-corrected chi connectivity index (χ1v) is 8.87. The number of rotatable bonds is 7. The minimum Gasteiger partial charge on any atom is -0.493 e. The summed E-state index contributed by atoms with van der Waals surface area (Å²) < 4.78 is 10.6. The van der Waals surface area contributed by atoms with Crippen molar-refractivity contribution in [2.24, 2.45) is 11.8 Å². The first-order valence-electron chi connectivity index (χ1n) is 8.87. The standard InChI is InChI=1S/C19H25NO5/c1-24-9-4-10-25-15-7-2-5-13(11-15)18(21)20-12-14-6-3-8-16(14)17(20)19(22)23/h2,5,7,11,14,16-17H,3-4,6,8-10,12H2,1H3,(H,22,23). The molecule has 1 amide bonds. The molecule has 1 aliphatic heterocycles. The third kappa shape index (κ3) is 3.79. The SMILES string of the molecule is COCCCOc1cccc(C(=O)N2CC3CCCC3C2C(=O)O)c1. The monoisotopic (exact) mass is 347 g/mol. The zero-order chi connectivity index (χ0) is 17.8. The molecule has 136 valence electrons. The highest BCUT2D eigenvalue weighted by molar-refractivity contribution is 5.97. The van der Waals surface area contributed by atoms with Gasteiger partial charge in [0.2, 0.25) is 0 Å². The average molecular weight is 347 g/mol. The van der Waals surface area contributed by atoms with Crippen LogP contribution in [0.5, 0.6) is 5.75 Å². The lowest BCUT2D eigenvalue weighted by atomic mass is 9.94. The van der Waals surface area contributed by atoms with Gasteiger partial charge in [0, 0.05) is 32.2 Å². The molecule has 1 aromatic rings. The van der Waals surface area contributed by atoms with Gasteiger partial charge in [0.1, 0.15) is 11.8 Å². The number of aliphatic carboxylic acids is 1. The van der Waals surface area contributed by atoms with E-state index in [2.05, 4.69) is 0 Å². The number of carboxylic acid groups (broad SMARTS) is 1. The van der Waals surface area contributed by atoms with Crippen LogP contribution in [0.2, 0.25) is 0 Å². The van der Waals surface area contributed by atoms with E-state index in [4.69, 9.17) is 9.47 Å². The molecule has 1 heterocycles. The molecule has 2 aliphatic rings. The van der Waals surface area contributed by atoms with E-state index in [0.29, 0.717) is 37.0 Å². The van der Waals surface area contributed by atoms with E-state index in [1.165, 1.54) is 0 Å². The molecule has 1 saturated carbocycles. The molecule has 6 nitrogen and oxygen atoms in total. The summed E-state index contributed by atoms with van der Waals surface area (Å²) in [5, 5.41) is 9.62. The van der Waals surface area contributed by atoms with Gasteiger partial charge >= 0.3 is 5.97 Å². The fourth-order valence-corrected chi connectivity index (χ4v) is 4.11. The van der Waals surface area contributed by atoms with Crippen molar-refractivity contribution >= 4 is 11.9 Å². The average Bonchev–Trinajstić information content (AvgIpc) is 3.19. The van der Waals surface area contributed by atoms with E-state index in [9.17, 15) is 14.7 Å². The maximum absolute atomic E-state index is 12.9. The van der Waals surface area contributed by atoms with Gasteiger partial charge in [-0.3, -0.25) is 4.79 Å². The normalized spacial score (nSPS) is 25.0. The highest BCUT2D eigenvalue weighted by atomic mass is 16.5. The van der Waals surface area contributed by atoms with Crippen molar-refractivity contribution in [3.05, 3.63) is 29.8 Å². The number of amides is 1. The van der Waals surface area contributed by atoms with Crippen LogP contribution in [-0.4, -0.2) is 54.8 Å². The predicted molar refractivity (Wildman–Crippen MR) is 91.7 cm³/mol. The van der Waals surface area contributed by atoms with E-state index in [1.807, 2.05) is 0 Å². The number of hydrogen-bond donors (Lipinski definition) is 1. The van der Waals surface area contributed by atoms with E-state index in [-0.39, 0.29) is 11.8 Å². The van der Waals surface area contributed by atoms with Gasteiger partial charge in [0.05, 0.1) is 6.61 Å². The fourth-order valence-electron chi connectivity index (χ4n) is 4.11. The maximum Gasteiger partial charge on any atom is 0.326 e. The van der Waals surface area contributed by atoms with Crippen LogP contribution in [0.1, 0.15) is 36.0 Å². The third-order valence-corrected chi connectivity index (χ3v) is 5.25. The van der Waals surface area contributed by atoms with Gasteiger partial charge in [-0.25, -0.2) is 4.79 Å². The quantitative estimate of drug-likeness (QED) is 0.767. The van der Waals surface area contributed by atoms with E-state index < -0.39 is 12.0 Å². The van der Waals surface area contributed by atoms with Crippen molar-refractivity contribution in [2.45, 2.75) is 31.7 Å². The van der Waals surface area contributed by atoms with E-state index in [0.717, 1.165) is 25.7 Å². The Morgan fingerprint density at radius 1 is 1.28 bits per heavy atom. The van der Waals surface area contributed by atoms with Crippen LogP contribution in [0.25, 0.3) is 0 Å². The molecule has 25 heavy (non-hydrogen) atoms. The number of carbonyl (C=O) groups excluding carboxylic acids is 1. The summed E-state index contributed by atoms with van der Waals surface area (Å²) in [5.74, 6) is -0.0828. The number of ether oxygens (including phenoxy) is 2. The lowest BCUT2D eigenvalue weighted by molar-refractivity contribution is -0.142. The van der Waals surface area contributed by atoms with Crippen molar-refractivity contribution in [3.8, 4) is 5.75 Å². The molecule has 1 aromatic carbocycles. The summed E-state index contributed by atoms with van der Waals surface area (Å²) in [6.45, 7) is 1.67. The summed E-state index contributed by atoms with van der Waals surface area (Å²) in [6.07, 6.45) is 3.74. The molecule has 2 fully saturated rings. The molecule has 1 aliphatic carbocycles. The fraction of sp³-hybridized carbons (Fsp3) is 0.579. The zero-order valence-corrected chi connectivity index (χ0v) is 14.5. The third-order valence-electron chi connectivity index (χ3n) is 5.25. The Kier molecular flexibility index (Phi) is 5.58. The van der Waals surface area contributed by atoms with Crippen molar-refractivity contribution in [2.75, 3.05) is 26.9 Å². The summed E-state index contributed by atoms with van der Waals surface area (Å²) in [7, 11) is 1.64. The number of hydrogen-bond acceptors (Lipinski definition) is 4. The molecular weight excluding hydrogens is 322 g/mol. The lowest BCUT2D eigenvalue weighted by Crippen LogP contribution is -2.43. The van der Waals surface area contributed by atoms with Crippen LogP contribution < -0.4 is 4.74 Å². The molecule has 3 atom stereocenters. The number of benzene rings is 1. The number of carbonyl (C=O) groups is 2. The zero-order valence-electron chi connectivity index (χ0n) is 14.5. The second-order valence-electron chi connectivity index (χ2n) is 6.82. The summed E-state index contributed by atoms with van der Waals surface area (Å²) in [4.78, 5) is 26.2. The van der Waals surface area contributed by atoms with Crippen LogP contribution in [0.4, 0.5) is 0 Å². The second-order valence-corrected chi connectivity index (χ2v) is 6.82. The minimum atomic E-state index is -0.894. The smallest absolute Gasteiger partial charge is 0.326 e. The summed E-state index contributed by atoms with van der Waals surface area (Å²) >= 11 is 0. The first kappa shape index (κ1) is 17.7. The van der Waals surface area contributed by atoms with Gasteiger partial charge in [0.25, 0.3) is 5.91 Å². The Hall–Kier alpha value is -2.08. The molecule has 0 aromatic heterocycles. The van der Waals surface area contributed by atoms with E-state index in [1.54, 1.807) is 36.3 Å². The van der Waals surface area contributed by atoms with Crippen LogP contribution in [0.3, 0.4) is 0 Å². The van der Waals surface area contributed by atoms with Gasteiger partial charge in [-0.05, 0) is 42.9 Å². The molecule has 6 heteroatoms. The topological polar surface area (TPSA) is 76.1 Å². The number of fused-ring (bicyclic) bond motifs is 1. The van der Waals surface area contributed by atoms with Crippen molar-refractivity contribution in [1.29, 1.82) is 0 Å². The summed E-state index contributed by atoms with van der Waals surface area (Å²) in [6, 6.07) is 6.29. The van der Waals surface area contributed by atoms with Gasteiger partial charge in [-0.2, -0.15) is 0 Å². The van der Waals surface area contributed by atoms with Crippen molar-refractivity contribution in [1.82, 2.24) is 4.90 Å². The Morgan fingerprint density at radius 3 is 2.88 bits per heavy atom. The second kappa shape index (κ2) is 7.87. The van der Waals surface area contributed by atoms with Crippen molar-refractivity contribution < 1.29 is 24.2 Å². The van der Waals surface area contributed by atoms with Gasteiger partial charge in [-0.15, -0.1) is 0 Å². The Morgan fingerprint density at radius 2 is 2.12 bits per heavy atom. The number of nitrogens with zero attached hydrogens (tertiary/aromatic N) is 1. The number of methoxy groups -OCH3 is 1. The van der Waals surface area contributed by atoms with Crippen LogP contribution in [0.15, 0.2) is 24.3 Å². The molecule has 0 spiro atoms. The van der Waals surface area contributed by atoms with Gasteiger partial charge in [-0.1, -0.05) is 12.5 Å². The largest absolute Gasteiger partial charge is 0.493 e. The van der Waals surface area contributed by atoms with Gasteiger partial charge < -0.3 is 19.5 Å². The Balaban J connectivity index is 1.71. The first-order chi connectivity index (χ1) is 12.1. The molecular formula is C19H25NO5. The van der Waals surface area contributed by atoms with Gasteiger partial charge in [0.15, 0.2) is 0 Å². The Labute approximate surface area is 147 Å². The lowest BCUT2D eigenvalue weighted by Gasteiger charge is -2.24. The maximum atomic E-state index is 12.9. The van der Waals surface area contributed by atoms with E-state index >= 15 is 0 Å². The number of carboxylic acids is 1. The summed E-state index contributed by atoms with van der Waals surface area (Å²) in [5.41, 5.74) is 0.482. The van der Waals surface area contributed by atoms with Crippen LogP contribution in [0, 0.1) is 11.8 Å². The molecule has 0 radical (unpaired) electrons. The number of likely N-dealkylation sites (tertiary alicyclic amines) is 1. The molecule has 3 rings (SSSR count). The molecule has 1 N–H and O–H groups in total. The van der Waals surface area contributed by atoms with Crippen molar-refractivity contribution in [3.63, 3.8) is 0 Å². The highest BCUT2D eigenvalue weighted by Gasteiger charge is 2.49. The molecule has 0 bridgehead atoms. The Bertz CT molecular complexity index is 632. The minimum absolute atomic E-state index is 0.0925. The molecule has 3 unspecified atom stereocenters. The highest BCUT2D eigenvalue weighted by Crippen LogP contribution is 2.42. The van der Waals surface area contributed by atoms with Crippen LogP contribution in [-0.2, 0) is 9.53 Å². The molecule has 1 saturated heterocycles.